The largest absolute Gasteiger partial charge is 0.480 e. The number of carboxylic acid groups (broad SMARTS) is 1. The Labute approximate surface area is 109 Å². The van der Waals surface area contributed by atoms with Crippen molar-refractivity contribution < 1.29 is 9.90 Å². The maximum Gasteiger partial charge on any atom is 0.325 e. The molecule has 0 aromatic rings. The van der Waals surface area contributed by atoms with E-state index >= 15 is 0 Å². The summed E-state index contributed by atoms with van der Waals surface area (Å²) in [6, 6.07) is 1.07. The lowest BCUT2D eigenvalue weighted by atomic mass is 9.87. The van der Waals surface area contributed by atoms with Gasteiger partial charge in [-0.25, -0.2) is 0 Å². The van der Waals surface area contributed by atoms with Gasteiger partial charge in [0.05, 0.1) is 0 Å². The fourth-order valence-electron chi connectivity index (χ4n) is 3.11. The van der Waals surface area contributed by atoms with Crippen molar-refractivity contribution in [1.82, 2.24) is 10.2 Å². The van der Waals surface area contributed by atoms with Gasteiger partial charge < -0.3 is 10.0 Å². The number of aliphatic carboxylic acids is 1. The van der Waals surface area contributed by atoms with Gasteiger partial charge in [0.2, 0.25) is 0 Å². The predicted octanol–water partition coefficient (Wildman–Crippen LogP) is 1.46. The minimum absolute atomic E-state index is 0.345. The molecule has 0 radical (unpaired) electrons. The van der Waals surface area contributed by atoms with Crippen molar-refractivity contribution in [3.8, 4) is 0 Å². The first-order chi connectivity index (χ1) is 8.62. The zero-order valence-corrected chi connectivity index (χ0v) is 11.2. The summed E-state index contributed by atoms with van der Waals surface area (Å²) >= 11 is 0. The number of hydrogen-bond acceptors (Lipinski definition) is 3. The first-order valence-electron chi connectivity index (χ1n) is 7.33. The van der Waals surface area contributed by atoms with Crippen LogP contribution in [0.4, 0.5) is 0 Å². The van der Waals surface area contributed by atoms with Gasteiger partial charge in [-0.05, 0) is 51.5 Å². The van der Waals surface area contributed by atoms with Crippen LogP contribution in [-0.2, 0) is 4.79 Å². The molecule has 2 N–H and O–H groups in total. The topological polar surface area (TPSA) is 52.6 Å². The van der Waals surface area contributed by atoms with Crippen LogP contribution in [0.2, 0.25) is 0 Å². The monoisotopic (exact) mass is 252 g/mol. The Bertz CT molecular complexity index is 335. The molecule has 0 saturated heterocycles. The molecule has 3 fully saturated rings. The molecule has 102 valence electrons. The molecule has 3 aliphatic rings. The van der Waals surface area contributed by atoms with E-state index in [0.29, 0.717) is 24.5 Å². The van der Waals surface area contributed by atoms with E-state index in [-0.39, 0.29) is 0 Å². The van der Waals surface area contributed by atoms with Crippen LogP contribution in [-0.4, -0.2) is 47.2 Å². The molecule has 0 bridgehead atoms. The number of likely N-dealkylation sites (N-methyl/N-ethyl adjacent to an activating group) is 1. The Morgan fingerprint density at radius 3 is 2.33 bits per heavy atom. The number of nitrogens with zero attached hydrogens (tertiary/aromatic N) is 1. The van der Waals surface area contributed by atoms with Crippen LogP contribution in [0.15, 0.2) is 0 Å². The lowest BCUT2D eigenvalue weighted by molar-refractivity contribution is -0.147. The van der Waals surface area contributed by atoms with Gasteiger partial charge in [-0.3, -0.25) is 10.1 Å². The summed E-state index contributed by atoms with van der Waals surface area (Å²) in [5.41, 5.74) is -0.675. The first-order valence-corrected chi connectivity index (χ1v) is 7.33. The van der Waals surface area contributed by atoms with Gasteiger partial charge in [0.1, 0.15) is 5.54 Å². The normalized spacial score (nSPS) is 27.9. The Kier molecular flexibility index (Phi) is 3.10. The quantitative estimate of drug-likeness (QED) is 0.720. The molecular weight excluding hydrogens is 228 g/mol. The fraction of sp³-hybridized carbons (Fsp3) is 0.929. The highest BCUT2D eigenvalue weighted by molar-refractivity contribution is 5.80. The van der Waals surface area contributed by atoms with Crippen LogP contribution in [0.3, 0.4) is 0 Å². The minimum atomic E-state index is -0.675. The SMILES string of the molecule is CN(CC(NC1CC1)(C(=O)O)C1CC1)C1CCC1. The van der Waals surface area contributed by atoms with E-state index in [4.69, 9.17) is 0 Å². The van der Waals surface area contributed by atoms with E-state index in [1.807, 2.05) is 0 Å². The molecule has 4 nitrogen and oxygen atoms in total. The van der Waals surface area contributed by atoms with Gasteiger partial charge in [-0.2, -0.15) is 0 Å². The summed E-state index contributed by atoms with van der Waals surface area (Å²) in [5, 5.41) is 13.2. The molecule has 0 spiro atoms. The molecule has 4 heteroatoms. The molecule has 3 aliphatic carbocycles. The van der Waals surface area contributed by atoms with Crippen molar-refractivity contribution in [2.24, 2.45) is 5.92 Å². The van der Waals surface area contributed by atoms with E-state index in [1.165, 1.54) is 19.3 Å². The van der Waals surface area contributed by atoms with Gasteiger partial charge in [-0.15, -0.1) is 0 Å². The van der Waals surface area contributed by atoms with Crippen LogP contribution in [0.5, 0.6) is 0 Å². The third kappa shape index (κ3) is 2.28. The van der Waals surface area contributed by atoms with E-state index < -0.39 is 11.5 Å². The average Bonchev–Trinajstić information content (AvgIpc) is 3.08. The summed E-state index contributed by atoms with van der Waals surface area (Å²) in [6.45, 7) is 0.675. The summed E-state index contributed by atoms with van der Waals surface area (Å²) in [5.74, 6) is -0.291. The standard InChI is InChI=1S/C14H24N2O2/c1-16(12-3-2-4-12)9-14(13(17)18,10-5-6-10)15-11-7-8-11/h10-12,15H,2-9H2,1H3,(H,17,18). The van der Waals surface area contributed by atoms with E-state index in [2.05, 4.69) is 17.3 Å². The second kappa shape index (κ2) is 4.49. The van der Waals surface area contributed by atoms with Crippen LogP contribution < -0.4 is 5.32 Å². The fourth-order valence-corrected chi connectivity index (χ4v) is 3.11. The Hall–Kier alpha value is -0.610. The highest BCUT2D eigenvalue weighted by atomic mass is 16.4. The van der Waals surface area contributed by atoms with Crippen LogP contribution in [0, 0.1) is 5.92 Å². The number of nitrogens with one attached hydrogen (secondary N) is 1. The lowest BCUT2D eigenvalue weighted by Crippen LogP contribution is -2.62. The third-order valence-electron chi connectivity index (χ3n) is 4.89. The third-order valence-corrected chi connectivity index (χ3v) is 4.89. The summed E-state index contributed by atoms with van der Waals surface area (Å²) < 4.78 is 0. The molecule has 0 heterocycles. The molecule has 3 rings (SSSR count). The lowest BCUT2D eigenvalue weighted by Gasteiger charge is -2.41. The Morgan fingerprint density at radius 2 is 1.94 bits per heavy atom. The maximum atomic E-state index is 11.8. The van der Waals surface area contributed by atoms with Crippen LogP contribution in [0.1, 0.15) is 44.9 Å². The second-order valence-electron chi connectivity index (χ2n) is 6.47. The van der Waals surface area contributed by atoms with Gasteiger partial charge in [0.25, 0.3) is 0 Å². The molecule has 0 aromatic carbocycles. The molecule has 0 amide bonds. The zero-order valence-electron chi connectivity index (χ0n) is 11.2. The molecule has 0 aromatic heterocycles. The summed E-state index contributed by atoms with van der Waals surface area (Å²) in [6.07, 6.45) is 8.22. The molecule has 3 saturated carbocycles. The number of carbonyl (C=O) groups is 1. The van der Waals surface area contributed by atoms with Crippen molar-refractivity contribution in [1.29, 1.82) is 0 Å². The van der Waals surface area contributed by atoms with Gasteiger partial charge >= 0.3 is 5.97 Å². The van der Waals surface area contributed by atoms with Crippen molar-refractivity contribution in [3.05, 3.63) is 0 Å². The Morgan fingerprint density at radius 1 is 1.28 bits per heavy atom. The highest BCUT2D eigenvalue weighted by Gasteiger charge is 2.54. The molecule has 0 aliphatic heterocycles. The van der Waals surface area contributed by atoms with Crippen LogP contribution >= 0.6 is 0 Å². The van der Waals surface area contributed by atoms with Crippen LogP contribution in [0.25, 0.3) is 0 Å². The first kappa shape index (κ1) is 12.4. The summed E-state index contributed by atoms with van der Waals surface area (Å²) in [7, 11) is 2.10. The minimum Gasteiger partial charge on any atom is -0.480 e. The predicted molar refractivity (Wildman–Crippen MR) is 69.5 cm³/mol. The van der Waals surface area contributed by atoms with Gasteiger partial charge in [-0.1, -0.05) is 6.42 Å². The van der Waals surface area contributed by atoms with E-state index in [9.17, 15) is 9.90 Å². The smallest absolute Gasteiger partial charge is 0.325 e. The van der Waals surface area contributed by atoms with Crippen molar-refractivity contribution >= 4 is 5.97 Å². The van der Waals surface area contributed by atoms with Gasteiger partial charge in [0, 0.05) is 18.6 Å². The maximum absolute atomic E-state index is 11.8. The van der Waals surface area contributed by atoms with Crippen molar-refractivity contribution in [2.45, 2.75) is 62.6 Å². The molecule has 1 unspecified atom stereocenters. The second-order valence-corrected chi connectivity index (χ2v) is 6.47. The number of carboxylic acids is 1. The Balaban J connectivity index is 1.71. The number of rotatable bonds is 7. The van der Waals surface area contributed by atoms with Crippen molar-refractivity contribution in [2.75, 3.05) is 13.6 Å². The molecular formula is C14H24N2O2. The van der Waals surface area contributed by atoms with Gasteiger partial charge in [0.15, 0.2) is 0 Å². The zero-order chi connectivity index (χ0) is 12.8. The molecule has 1 atom stereocenters. The average molecular weight is 252 g/mol. The number of hydrogen-bond donors (Lipinski definition) is 2. The van der Waals surface area contributed by atoms with E-state index in [1.54, 1.807) is 0 Å². The van der Waals surface area contributed by atoms with Crippen molar-refractivity contribution in [3.63, 3.8) is 0 Å². The van der Waals surface area contributed by atoms with E-state index in [0.717, 1.165) is 25.7 Å². The summed E-state index contributed by atoms with van der Waals surface area (Å²) in [4.78, 5) is 14.1. The highest BCUT2D eigenvalue weighted by Crippen LogP contribution is 2.43. The molecule has 18 heavy (non-hydrogen) atoms.